The predicted molar refractivity (Wildman–Crippen MR) is 120 cm³/mol. The normalized spacial score (nSPS) is 17.3. The first kappa shape index (κ1) is 20.2. The van der Waals surface area contributed by atoms with Crippen molar-refractivity contribution in [1.29, 1.82) is 0 Å². The van der Waals surface area contributed by atoms with Crippen molar-refractivity contribution in [1.82, 2.24) is 30.0 Å². The molecule has 2 fully saturated rings. The molecular formula is C23H26N6OS. The third-order valence-electron chi connectivity index (χ3n) is 5.94. The van der Waals surface area contributed by atoms with E-state index in [0.717, 1.165) is 44.2 Å². The second kappa shape index (κ2) is 9.20. The average Bonchev–Trinajstić information content (AvgIpc) is 3.57. The van der Waals surface area contributed by atoms with Crippen molar-refractivity contribution in [3.05, 3.63) is 71.8 Å². The summed E-state index contributed by atoms with van der Waals surface area (Å²) in [7, 11) is 0. The molecule has 2 aromatic carbocycles. The van der Waals surface area contributed by atoms with E-state index in [1.54, 1.807) is 0 Å². The zero-order valence-electron chi connectivity index (χ0n) is 17.4. The maximum absolute atomic E-state index is 12.8. The quantitative estimate of drug-likeness (QED) is 0.533. The van der Waals surface area contributed by atoms with Gasteiger partial charge >= 0.3 is 0 Å². The van der Waals surface area contributed by atoms with Crippen LogP contribution in [0.4, 0.5) is 0 Å². The number of rotatable bonds is 7. The maximum Gasteiger partial charge on any atom is 0.233 e. The van der Waals surface area contributed by atoms with Gasteiger partial charge in [0, 0.05) is 26.2 Å². The first-order chi connectivity index (χ1) is 15.3. The fourth-order valence-electron chi connectivity index (χ4n) is 4.16. The van der Waals surface area contributed by atoms with Gasteiger partial charge in [-0.2, -0.15) is 0 Å². The molecule has 8 heteroatoms. The summed E-state index contributed by atoms with van der Waals surface area (Å²) in [6, 6.07) is 21.9. The SMILES string of the molecule is O=C(CSc1nnnn1C1CC1)N1CCN(C(c2ccccc2)c2ccccc2)CC1. The number of amides is 1. The van der Waals surface area contributed by atoms with Crippen molar-refractivity contribution in [3.63, 3.8) is 0 Å². The fraction of sp³-hybridized carbons (Fsp3) is 0.391. The van der Waals surface area contributed by atoms with Gasteiger partial charge in [0.25, 0.3) is 0 Å². The standard InChI is InChI=1S/C23H26N6OS/c30-21(17-31-23-24-25-26-29(23)20-11-12-20)27-13-15-28(16-14-27)22(18-7-3-1-4-8-18)19-9-5-2-6-10-19/h1-10,20,22H,11-17H2. The van der Waals surface area contributed by atoms with E-state index >= 15 is 0 Å². The van der Waals surface area contributed by atoms with E-state index in [1.165, 1.54) is 22.9 Å². The Hall–Kier alpha value is -2.71. The van der Waals surface area contributed by atoms with Gasteiger partial charge in [0.15, 0.2) is 0 Å². The van der Waals surface area contributed by atoms with E-state index in [-0.39, 0.29) is 11.9 Å². The van der Waals surface area contributed by atoms with Crippen LogP contribution < -0.4 is 0 Å². The predicted octanol–water partition coefficient (Wildman–Crippen LogP) is 3.03. The molecule has 1 aliphatic heterocycles. The summed E-state index contributed by atoms with van der Waals surface area (Å²) in [5.74, 6) is 0.541. The van der Waals surface area contributed by atoms with Crippen LogP contribution >= 0.6 is 11.8 Å². The number of hydrogen-bond donors (Lipinski definition) is 0. The molecule has 31 heavy (non-hydrogen) atoms. The van der Waals surface area contributed by atoms with Crippen molar-refractivity contribution < 1.29 is 4.79 Å². The Morgan fingerprint density at radius 3 is 2.13 bits per heavy atom. The van der Waals surface area contributed by atoms with Crippen molar-refractivity contribution in [2.24, 2.45) is 0 Å². The molecule has 0 N–H and O–H groups in total. The molecule has 1 saturated heterocycles. The van der Waals surface area contributed by atoms with E-state index in [0.29, 0.717) is 11.8 Å². The highest BCUT2D eigenvalue weighted by Gasteiger charge is 2.30. The lowest BCUT2D eigenvalue weighted by Crippen LogP contribution is -2.50. The van der Waals surface area contributed by atoms with Crippen LogP contribution in [0.2, 0.25) is 0 Å². The van der Waals surface area contributed by atoms with Crippen molar-refractivity contribution in [2.45, 2.75) is 30.1 Å². The minimum atomic E-state index is 0.158. The second-order valence-electron chi connectivity index (χ2n) is 8.07. The number of benzene rings is 2. The van der Waals surface area contributed by atoms with Crippen LogP contribution in [0.15, 0.2) is 65.8 Å². The molecule has 5 rings (SSSR count). The van der Waals surface area contributed by atoms with Gasteiger partial charge in [0.2, 0.25) is 11.1 Å². The van der Waals surface area contributed by atoms with Gasteiger partial charge in [0.1, 0.15) is 0 Å². The average molecular weight is 435 g/mol. The Kier molecular flexibility index (Phi) is 5.99. The Morgan fingerprint density at radius 1 is 0.935 bits per heavy atom. The highest BCUT2D eigenvalue weighted by molar-refractivity contribution is 7.99. The molecule has 3 aromatic rings. The van der Waals surface area contributed by atoms with E-state index in [1.807, 2.05) is 9.58 Å². The van der Waals surface area contributed by atoms with Crippen LogP contribution in [0.1, 0.15) is 36.1 Å². The monoisotopic (exact) mass is 434 g/mol. The summed E-state index contributed by atoms with van der Waals surface area (Å²) < 4.78 is 1.86. The number of aromatic nitrogens is 4. The zero-order chi connectivity index (χ0) is 21.0. The minimum Gasteiger partial charge on any atom is -0.339 e. The molecule has 1 aromatic heterocycles. The molecule has 1 aliphatic carbocycles. The Labute approximate surface area is 186 Å². The summed E-state index contributed by atoms with van der Waals surface area (Å²) in [6.07, 6.45) is 2.25. The molecule has 1 amide bonds. The van der Waals surface area contributed by atoms with Crippen molar-refractivity contribution in [2.75, 3.05) is 31.9 Å². The Bertz CT molecular complexity index is 960. The van der Waals surface area contributed by atoms with Crippen molar-refractivity contribution in [3.8, 4) is 0 Å². The Balaban J connectivity index is 1.21. The van der Waals surface area contributed by atoms with Gasteiger partial charge in [-0.25, -0.2) is 4.68 Å². The number of piperazine rings is 1. The molecule has 0 bridgehead atoms. The first-order valence-corrected chi connectivity index (χ1v) is 11.8. The lowest BCUT2D eigenvalue weighted by molar-refractivity contribution is -0.130. The number of carbonyl (C=O) groups is 1. The molecule has 1 saturated carbocycles. The van der Waals surface area contributed by atoms with Gasteiger partial charge in [-0.1, -0.05) is 72.4 Å². The molecule has 0 spiro atoms. The zero-order valence-corrected chi connectivity index (χ0v) is 18.2. The molecule has 7 nitrogen and oxygen atoms in total. The number of thioether (sulfide) groups is 1. The van der Waals surface area contributed by atoms with E-state index in [4.69, 9.17) is 0 Å². The first-order valence-electron chi connectivity index (χ1n) is 10.8. The second-order valence-corrected chi connectivity index (χ2v) is 9.01. The van der Waals surface area contributed by atoms with Crippen LogP contribution in [0.5, 0.6) is 0 Å². The molecule has 2 heterocycles. The number of hydrogen-bond acceptors (Lipinski definition) is 6. The minimum absolute atomic E-state index is 0.158. The molecule has 160 valence electrons. The highest BCUT2D eigenvalue weighted by Crippen LogP contribution is 2.36. The van der Waals surface area contributed by atoms with Crippen LogP contribution in [-0.4, -0.2) is 67.8 Å². The van der Waals surface area contributed by atoms with Crippen LogP contribution in [0.3, 0.4) is 0 Å². The molecular weight excluding hydrogens is 408 g/mol. The van der Waals surface area contributed by atoms with Gasteiger partial charge < -0.3 is 4.90 Å². The maximum atomic E-state index is 12.8. The van der Waals surface area contributed by atoms with Crippen LogP contribution in [-0.2, 0) is 4.79 Å². The number of tetrazole rings is 1. The number of carbonyl (C=O) groups excluding carboxylic acids is 1. The third-order valence-corrected chi connectivity index (χ3v) is 6.86. The molecule has 0 radical (unpaired) electrons. The lowest BCUT2D eigenvalue weighted by atomic mass is 9.96. The largest absolute Gasteiger partial charge is 0.339 e. The highest BCUT2D eigenvalue weighted by atomic mass is 32.2. The summed E-state index contributed by atoms with van der Waals surface area (Å²) in [6.45, 7) is 3.18. The summed E-state index contributed by atoms with van der Waals surface area (Å²) >= 11 is 1.45. The van der Waals surface area contributed by atoms with E-state index in [9.17, 15) is 4.79 Å². The summed E-state index contributed by atoms with van der Waals surface area (Å²) in [5, 5.41) is 12.7. The van der Waals surface area contributed by atoms with Crippen LogP contribution in [0.25, 0.3) is 0 Å². The summed E-state index contributed by atoms with van der Waals surface area (Å²) in [4.78, 5) is 17.3. The molecule has 0 unspecified atom stereocenters. The molecule has 2 aliphatic rings. The third kappa shape index (κ3) is 4.65. The van der Waals surface area contributed by atoms with Gasteiger partial charge in [-0.05, 0) is 34.4 Å². The topological polar surface area (TPSA) is 67.2 Å². The van der Waals surface area contributed by atoms with Gasteiger partial charge in [-0.15, -0.1) is 5.10 Å². The van der Waals surface area contributed by atoms with E-state index < -0.39 is 0 Å². The lowest BCUT2D eigenvalue weighted by Gasteiger charge is -2.39. The smallest absolute Gasteiger partial charge is 0.233 e. The van der Waals surface area contributed by atoms with Crippen LogP contribution in [0, 0.1) is 0 Å². The summed E-state index contributed by atoms with van der Waals surface area (Å²) in [5.41, 5.74) is 2.58. The number of nitrogens with zero attached hydrogens (tertiary/aromatic N) is 6. The van der Waals surface area contributed by atoms with E-state index in [2.05, 4.69) is 81.1 Å². The fourth-order valence-corrected chi connectivity index (χ4v) is 5.01. The van der Waals surface area contributed by atoms with Crippen molar-refractivity contribution >= 4 is 17.7 Å². The molecule has 0 atom stereocenters. The Morgan fingerprint density at radius 2 is 1.55 bits per heavy atom. The van der Waals surface area contributed by atoms with Gasteiger partial charge in [0.05, 0.1) is 17.8 Å². The van der Waals surface area contributed by atoms with Gasteiger partial charge in [-0.3, -0.25) is 9.69 Å².